The van der Waals surface area contributed by atoms with E-state index in [0.29, 0.717) is 11.6 Å². The van der Waals surface area contributed by atoms with Crippen molar-refractivity contribution in [2.75, 3.05) is 17.7 Å². The lowest BCUT2D eigenvalue weighted by Crippen LogP contribution is -2.15. The fourth-order valence-electron chi connectivity index (χ4n) is 2.23. The van der Waals surface area contributed by atoms with Crippen molar-refractivity contribution in [3.05, 3.63) is 48.9 Å². The Hall–Kier alpha value is -3.95. The zero-order chi connectivity index (χ0) is 17.9. The lowest BCUT2D eigenvalue weighted by molar-refractivity contribution is 0.430. The Morgan fingerprint density at radius 1 is 0.962 bits per heavy atom. The van der Waals surface area contributed by atoms with Crippen molar-refractivity contribution in [1.29, 1.82) is 0 Å². The van der Waals surface area contributed by atoms with E-state index in [1.54, 1.807) is 11.1 Å². The monoisotopic (exact) mass is 347 g/mol. The number of nitrogens with two attached hydrogens (primary N) is 1. The van der Waals surface area contributed by atoms with E-state index in [9.17, 15) is 0 Å². The summed E-state index contributed by atoms with van der Waals surface area (Å²) in [6.07, 6.45) is 4.61. The fraction of sp³-hybridized carbons (Fsp3) is 0.0625. The fourth-order valence-corrected chi connectivity index (χ4v) is 2.23. The molecule has 0 aliphatic heterocycles. The largest absolute Gasteiger partial charge is 0.368 e. The van der Waals surface area contributed by atoms with Gasteiger partial charge in [-0.05, 0) is 12.1 Å². The van der Waals surface area contributed by atoms with Crippen LogP contribution in [0, 0.1) is 0 Å². The van der Waals surface area contributed by atoms with Gasteiger partial charge in [0.25, 0.3) is 5.89 Å². The molecule has 10 heteroatoms. The van der Waals surface area contributed by atoms with Crippen molar-refractivity contribution in [2.45, 2.75) is 0 Å². The topological polar surface area (TPSA) is 133 Å². The molecule has 4 rings (SSSR count). The lowest BCUT2D eigenvalue weighted by Gasteiger charge is -2.17. The zero-order valence-corrected chi connectivity index (χ0v) is 13.7. The molecule has 0 atom stereocenters. The molecule has 2 N–H and O–H groups in total. The molecule has 3 heterocycles. The number of nitrogen functional groups attached to an aromatic ring is 1. The Morgan fingerprint density at radius 3 is 2.58 bits per heavy atom. The average Bonchev–Trinajstić information content (AvgIpc) is 3.19. The highest BCUT2D eigenvalue weighted by atomic mass is 16.5. The van der Waals surface area contributed by atoms with Crippen LogP contribution < -0.4 is 10.6 Å². The van der Waals surface area contributed by atoms with Gasteiger partial charge < -0.3 is 15.2 Å². The predicted octanol–water partition coefficient (Wildman–Crippen LogP) is 1.73. The third-order valence-corrected chi connectivity index (χ3v) is 3.49. The molecule has 0 radical (unpaired) electrons. The summed E-state index contributed by atoms with van der Waals surface area (Å²) in [6, 6.07) is 9.63. The molecule has 26 heavy (non-hydrogen) atoms. The maximum atomic E-state index is 5.83. The normalized spacial score (nSPS) is 10.7. The predicted molar refractivity (Wildman–Crippen MR) is 93.1 cm³/mol. The Bertz CT molecular complexity index is 1020. The number of para-hydroxylation sites is 1. The number of hydrogen-bond acceptors (Lipinski definition) is 10. The van der Waals surface area contributed by atoms with E-state index in [1.165, 1.54) is 12.4 Å². The van der Waals surface area contributed by atoms with Gasteiger partial charge in [0.15, 0.2) is 0 Å². The first-order valence-corrected chi connectivity index (χ1v) is 7.61. The molecule has 0 saturated heterocycles. The highest BCUT2D eigenvalue weighted by Gasteiger charge is 2.17. The number of aromatic nitrogens is 7. The van der Waals surface area contributed by atoms with Crippen LogP contribution in [0.4, 0.5) is 17.6 Å². The highest BCUT2D eigenvalue weighted by Crippen LogP contribution is 2.23. The summed E-state index contributed by atoms with van der Waals surface area (Å²) in [5.41, 5.74) is 7.19. The Morgan fingerprint density at radius 2 is 1.81 bits per heavy atom. The number of benzene rings is 1. The molecule has 0 spiro atoms. The number of hydrogen-bond donors (Lipinski definition) is 1. The molecule has 4 aromatic rings. The smallest absolute Gasteiger partial charge is 0.278 e. The molecule has 3 aromatic heterocycles. The summed E-state index contributed by atoms with van der Waals surface area (Å²) < 4.78 is 5.21. The third kappa shape index (κ3) is 3.02. The van der Waals surface area contributed by atoms with Crippen LogP contribution in [0.1, 0.15) is 0 Å². The minimum atomic E-state index is 0.0543. The molecular formula is C16H13N9O. The van der Waals surface area contributed by atoms with E-state index >= 15 is 0 Å². The van der Waals surface area contributed by atoms with Gasteiger partial charge in [-0.1, -0.05) is 23.4 Å². The standard InChI is InChI=1S/C16H13N9O/c1-25(10-5-3-2-4-6-10)16-22-12(21-15(17)23-16)13-20-14(26-24-13)11-9-18-7-8-19-11/h2-9H,1H3,(H2,17,21,22,23). The van der Waals surface area contributed by atoms with Crippen LogP contribution in [0.3, 0.4) is 0 Å². The summed E-state index contributed by atoms with van der Waals surface area (Å²) in [5.74, 6) is 1.02. The van der Waals surface area contributed by atoms with Crippen LogP contribution in [0.15, 0.2) is 53.4 Å². The summed E-state index contributed by atoms with van der Waals surface area (Å²) in [4.78, 5) is 26.8. The minimum absolute atomic E-state index is 0.0543. The van der Waals surface area contributed by atoms with Crippen molar-refractivity contribution < 1.29 is 4.52 Å². The maximum Gasteiger partial charge on any atom is 0.278 e. The molecule has 0 aliphatic carbocycles. The van der Waals surface area contributed by atoms with E-state index in [1.807, 2.05) is 37.4 Å². The molecule has 0 amide bonds. The number of nitrogens with zero attached hydrogens (tertiary/aromatic N) is 8. The second-order valence-electron chi connectivity index (χ2n) is 5.23. The van der Waals surface area contributed by atoms with Gasteiger partial charge in [0.2, 0.25) is 23.5 Å². The lowest BCUT2D eigenvalue weighted by atomic mass is 10.3. The minimum Gasteiger partial charge on any atom is -0.368 e. The summed E-state index contributed by atoms with van der Waals surface area (Å²) in [7, 11) is 1.83. The van der Waals surface area contributed by atoms with Crippen LogP contribution in [-0.4, -0.2) is 42.1 Å². The highest BCUT2D eigenvalue weighted by molar-refractivity contribution is 5.59. The Kier molecular flexibility index (Phi) is 3.90. The van der Waals surface area contributed by atoms with Gasteiger partial charge in [-0.3, -0.25) is 4.98 Å². The molecule has 128 valence electrons. The quantitative estimate of drug-likeness (QED) is 0.581. The van der Waals surface area contributed by atoms with E-state index < -0.39 is 0 Å². The van der Waals surface area contributed by atoms with Crippen LogP contribution in [0.25, 0.3) is 23.2 Å². The van der Waals surface area contributed by atoms with Crippen LogP contribution in [-0.2, 0) is 0 Å². The van der Waals surface area contributed by atoms with Crippen molar-refractivity contribution in [2.24, 2.45) is 0 Å². The van der Waals surface area contributed by atoms with Gasteiger partial charge in [-0.2, -0.15) is 19.9 Å². The zero-order valence-electron chi connectivity index (χ0n) is 13.7. The van der Waals surface area contributed by atoms with Crippen molar-refractivity contribution >= 4 is 17.6 Å². The van der Waals surface area contributed by atoms with E-state index in [0.717, 1.165) is 5.69 Å². The molecule has 0 unspecified atom stereocenters. The van der Waals surface area contributed by atoms with Gasteiger partial charge in [-0.25, -0.2) is 4.98 Å². The average molecular weight is 347 g/mol. The first-order chi connectivity index (χ1) is 12.7. The molecular weight excluding hydrogens is 334 g/mol. The third-order valence-electron chi connectivity index (χ3n) is 3.49. The van der Waals surface area contributed by atoms with Gasteiger partial charge in [0, 0.05) is 25.1 Å². The van der Waals surface area contributed by atoms with E-state index in [2.05, 4.69) is 35.1 Å². The summed E-state index contributed by atoms with van der Waals surface area (Å²) in [6.45, 7) is 0. The Balaban J connectivity index is 1.70. The summed E-state index contributed by atoms with van der Waals surface area (Å²) >= 11 is 0. The Labute approximate surface area is 147 Å². The molecule has 1 aromatic carbocycles. The van der Waals surface area contributed by atoms with E-state index in [4.69, 9.17) is 10.3 Å². The van der Waals surface area contributed by atoms with Crippen molar-refractivity contribution in [3.63, 3.8) is 0 Å². The van der Waals surface area contributed by atoms with E-state index in [-0.39, 0.29) is 23.5 Å². The van der Waals surface area contributed by atoms with Gasteiger partial charge in [0.05, 0.1) is 6.20 Å². The first-order valence-electron chi connectivity index (χ1n) is 7.61. The summed E-state index contributed by atoms with van der Waals surface area (Å²) in [5, 5.41) is 3.90. The maximum absolute atomic E-state index is 5.83. The van der Waals surface area contributed by atoms with Gasteiger partial charge in [-0.15, -0.1) is 0 Å². The second-order valence-corrected chi connectivity index (χ2v) is 5.23. The van der Waals surface area contributed by atoms with Gasteiger partial charge >= 0.3 is 0 Å². The van der Waals surface area contributed by atoms with Crippen LogP contribution in [0.2, 0.25) is 0 Å². The number of rotatable bonds is 4. The molecule has 0 fully saturated rings. The SMILES string of the molecule is CN(c1ccccc1)c1nc(N)nc(-c2noc(-c3cnccn3)n2)n1. The van der Waals surface area contributed by atoms with Crippen LogP contribution in [0.5, 0.6) is 0 Å². The molecule has 10 nitrogen and oxygen atoms in total. The van der Waals surface area contributed by atoms with Crippen molar-refractivity contribution in [1.82, 2.24) is 35.1 Å². The van der Waals surface area contributed by atoms with Gasteiger partial charge in [0.1, 0.15) is 5.69 Å². The van der Waals surface area contributed by atoms with Crippen LogP contribution >= 0.6 is 0 Å². The molecule has 0 bridgehead atoms. The molecule has 0 aliphatic rings. The second kappa shape index (κ2) is 6.51. The van der Waals surface area contributed by atoms with Crippen molar-refractivity contribution in [3.8, 4) is 23.2 Å². The number of anilines is 3. The molecule has 0 saturated carbocycles. The first kappa shape index (κ1) is 15.6.